The highest BCUT2D eigenvalue weighted by atomic mass is 35.5. The van der Waals surface area contributed by atoms with Crippen LogP contribution in [0.15, 0.2) is 52.7 Å². The number of hydrogen-bond donors (Lipinski definition) is 3. The van der Waals surface area contributed by atoms with E-state index in [9.17, 15) is 18.0 Å². The lowest BCUT2D eigenvalue weighted by Gasteiger charge is -2.16. The van der Waals surface area contributed by atoms with Crippen molar-refractivity contribution < 1.29 is 22.7 Å². The number of carbonyl (C=O) groups is 2. The maximum Gasteiger partial charge on any atom is 0.271 e. The third-order valence-corrected chi connectivity index (χ3v) is 6.27. The molecule has 1 aliphatic rings. The van der Waals surface area contributed by atoms with Crippen molar-refractivity contribution >= 4 is 44.7 Å². The quantitative estimate of drug-likeness (QED) is 0.558. The van der Waals surface area contributed by atoms with Gasteiger partial charge in [-0.25, -0.2) is 13.4 Å². The summed E-state index contributed by atoms with van der Waals surface area (Å²) in [6, 6.07) is 7.27. The molecule has 1 heterocycles. The van der Waals surface area contributed by atoms with Gasteiger partial charge in [-0.05, 0) is 49.6 Å². The van der Waals surface area contributed by atoms with Crippen molar-refractivity contribution in [3.05, 3.63) is 52.8 Å². The number of ketones is 1. The average molecular weight is 465 g/mol. The molecule has 3 rings (SSSR count). The van der Waals surface area contributed by atoms with Gasteiger partial charge in [-0.2, -0.15) is 0 Å². The zero-order chi connectivity index (χ0) is 22.6. The van der Waals surface area contributed by atoms with Gasteiger partial charge in [0.25, 0.3) is 15.9 Å². The minimum atomic E-state index is -4.11. The van der Waals surface area contributed by atoms with E-state index in [0.717, 1.165) is 12.8 Å². The molecule has 0 unspecified atom stereocenters. The van der Waals surface area contributed by atoms with Crippen LogP contribution in [-0.4, -0.2) is 32.2 Å². The van der Waals surface area contributed by atoms with E-state index in [1.165, 1.54) is 43.6 Å². The molecule has 1 fully saturated rings. The number of anilines is 2. The Balaban J connectivity index is 1.88. The van der Waals surface area contributed by atoms with Crippen molar-refractivity contribution in [2.45, 2.75) is 30.6 Å². The number of aromatic nitrogens is 1. The molecule has 0 bridgehead atoms. The fourth-order valence-corrected chi connectivity index (χ4v) is 4.40. The smallest absolute Gasteiger partial charge is 0.271 e. The highest BCUT2D eigenvalue weighted by Gasteiger charge is 2.24. The number of nitrogens with zero attached hydrogens (tertiary/aromatic N) is 1. The van der Waals surface area contributed by atoms with E-state index >= 15 is 0 Å². The second-order valence-corrected chi connectivity index (χ2v) is 8.91. The molecular formula is C20H21ClN4O5S. The SMILES string of the molecule is COc1ncc(NC(=O)C(N)=C2CCCCC2=O)cc1S(=O)(=O)Nc1ccc(Cl)cc1. The molecule has 1 saturated carbocycles. The number of allylic oxidation sites excluding steroid dienone is 1. The summed E-state index contributed by atoms with van der Waals surface area (Å²) in [6.07, 6.45) is 3.56. The van der Waals surface area contributed by atoms with Crippen LogP contribution < -0.4 is 20.5 Å². The summed E-state index contributed by atoms with van der Waals surface area (Å²) >= 11 is 5.83. The number of amides is 1. The van der Waals surface area contributed by atoms with Crippen LogP contribution >= 0.6 is 11.6 Å². The van der Waals surface area contributed by atoms with Gasteiger partial charge < -0.3 is 15.8 Å². The van der Waals surface area contributed by atoms with Crippen molar-refractivity contribution in [2.24, 2.45) is 5.73 Å². The summed E-state index contributed by atoms with van der Waals surface area (Å²) in [6.45, 7) is 0. The van der Waals surface area contributed by atoms with Crippen molar-refractivity contribution in [1.29, 1.82) is 0 Å². The lowest BCUT2D eigenvalue weighted by atomic mass is 9.92. The van der Waals surface area contributed by atoms with Gasteiger partial charge in [-0.3, -0.25) is 14.3 Å². The van der Waals surface area contributed by atoms with Gasteiger partial charge in [-0.15, -0.1) is 0 Å². The van der Waals surface area contributed by atoms with Crippen LogP contribution in [0.25, 0.3) is 0 Å². The van der Waals surface area contributed by atoms with E-state index in [1.807, 2.05) is 0 Å². The molecule has 11 heteroatoms. The van der Waals surface area contributed by atoms with Crippen LogP contribution in [0.4, 0.5) is 11.4 Å². The number of pyridine rings is 1. The standard InChI is InChI=1S/C20H21ClN4O5S/c1-30-20-17(31(28,29)25-13-8-6-12(21)7-9-13)10-14(11-23-20)24-19(27)18(22)15-4-2-3-5-16(15)26/h6-11,25H,2-5,22H2,1H3,(H,24,27). The fourth-order valence-electron chi connectivity index (χ4n) is 3.07. The number of ether oxygens (including phenoxy) is 1. The summed E-state index contributed by atoms with van der Waals surface area (Å²) < 4.78 is 33.2. The second-order valence-electron chi connectivity index (χ2n) is 6.82. The number of halogens is 1. The summed E-state index contributed by atoms with van der Waals surface area (Å²) in [5, 5.41) is 2.95. The van der Waals surface area contributed by atoms with E-state index in [0.29, 0.717) is 23.4 Å². The Kier molecular flexibility index (Phi) is 6.81. The Morgan fingerprint density at radius 2 is 1.84 bits per heavy atom. The molecule has 0 radical (unpaired) electrons. The molecule has 1 aromatic heterocycles. The number of sulfonamides is 1. The van der Waals surface area contributed by atoms with Crippen molar-refractivity contribution in [3.63, 3.8) is 0 Å². The normalized spacial score (nSPS) is 15.9. The van der Waals surface area contributed by atoms with Gasteiger partial charge in [0.1, 0.15) is 5.70 Å². The number of benzene rings is 1. The number of rotatable bonds is 6. The summed E-state index contributed by atoms with van der Waals surface area (Å²) in [7, 11) is -2.83. The van der Waals surface area contributed by atoms with Crippen molar-refractivity contribution in [1.82, 2.24) is 4.98 Å². The van der Waals surface area contributed by atoms with E-state index in [-0.39, 0.29) is 33.6 Å². The number of nitrogens with two attached hydrogens (primary N) is 1. The van der Waals surface area contributed by atoms with E-state index < -0.39 is 15.9 Å². The number of nitrogens with one attached hydrogen (secondary N) is 2. The maximum atomic E-state index is 12.9. The van der Waals surface area contributed by atoms with Crippen LogP contribution in [0, 0.1) is 0 Å². The highest BCUT2D eigenvalue weighted by molar-refractivity contribution is 7.92. The third kappa shape index (κ3) is 5.33. The zero-order valence-corrected chi connectivity index (χ0v) is 18.2. The van der Waals surface area contributed by atoms with Gasteiger partial charge in [0.2, 0.25) is 5.88 Å². The van der Waals surface area contributed by atoms with Crippen molar-refractivity contribution in [2.75, 3.05) is 17.1 Å². The Morgan fingerprint density at radius 3 is 2.48 bits per heavy atom. The van der Waals surface area contributed by atoms with Gasteiger partial charge in [0.05, 0.1) is 19.0 Å². The van der Waals surface area contributed by atoms with Crippen LogP contribution in [0.5, 0.6) is 5.88 Å². The average Bonchev–Trinajstić information content (AvgIpc) is 2.75. The minimum absolute atomic E-state index is 0.0779. The van der Waals surface area contributed by atoms with Crippen LogP contribution in [0.2, 0.25) is 5.02 Å². The van der Waals surface area contributed by atoms with E-state index in [4.69, 9.17) is 22.1 Å². The van der Waals surface area contributed by atoms with Gasteiger partial charge >= 0.3 is 0 Å². The topological polar surface area (TPSA) is 140 Å². The summed E-state index contributed by atoms with van der Waals surface area (Å²) in [4.78, 5) is 28.2. The first-order chi connectivity index (χ1) is 14.7. The first kappa shape index (κ1) is 22.6. The third-order valence-electron chi connectivity index (χ3n) is 4.64. The number of methoxy groups -OCH3 is 1. The van der Waals surface area contributed by atoms with Crippen LogP contribution in [-0.2, 0) is 19.6 Å². The monoisotopic (exact) mass is 464 g/mol. The molecular weight excluding hydrogens is 444 g/mol. The molecule has 164 valence electrons. The number of hydrogen-bond acceptors (Lipinski definition) is 7. The van der Waals surface area contributed by atoms with Gasteiger partial charge in [0, 0.05) is 22.7 Å². The molecule has 0 spiro atoms. The number of Topliss-reactive ketones (excluding diaryl/α,β-unsaturated/α-hetero) is 1. The first-order valence-electron chi connectivity index (χ1n) is 9.37. The molecule has 2 aromatic rings. The predicted molar refractivity (Wildman–Crippen MR) is 116 cm³/mol. The van der Waals surface area contributed by atoms with Gasteiger partial charge in [-0.1, -0.05) is 11.6 Å². The maximum absolute atomic E-state index is 12.9. The second kappa shape index (κ2) is 9.36. The molecule has 0 aliphatic heterocycles. The molecule has 0 saturated heterocycles. The Morgan fingerprint density at radius 1 is 1.16 bits per heavy atom. The van der Waals surface area contributed by atoms with E-state index in [2.05, 4.69) is 15.0 Å². The zero-order valence-electron chi connectivity index (χ0n) is 16.6. The Bertz CT molecular complexity index is 1150. The summed E-state index contributed by atoms with van der Waals surface area (Å²) in [5.74, 6) is -1.01. The molecule has 31 heavy (non-hydrogen) atoms. The molecule has 9 nitrogen and oxygen atoms in total. The molecule has 1 amide bonds. The summed E-state index contributed by atoms with van der Waals surface area (Å²) in [5.41, 5.74) is 6.36. The molecule has 0 atom stereocenters. The number of carbonyl (C=O) groups excluding carboxylic acids is 2. The van der Waals surface area contributed by atoms with Crippen molar-refractivity contribution in [3.8, 4) is 5.88 Å². The molecule has 1 aliphatic carbocycles. The Labute approximate surface area is 184 Å². The lowest BCUT2D eigenvalue weighted by Crippen LogP contribution is -2.26. The van der Waals surface area contributed by atoms with Crippen LogP contribution in [0.3, 0.4) is 0 Å². The predicted octanol–water partition coefficient (Wildman–Crippen LogP) is 2.84. The fraction of sp³-hybridized carbons (Fsp3) is 0.250. The van der Waals surface area contributed by atoms with Crippen LogP contribution in [0.1, 0.15) is 25.7 Å². The minimum Gasteiger partial charge on any atom is -0.480 e. The van der Waals surface area contributed by atoms with Gasteiger partial charge in [0.15, 0.2) is 10.7 Å². The lowest BCUT2D eigenvalue weighted by molar-refractivity contribution is -0.118. The molecule has 4 N–H and O–H groups in total. The Hall–Kier alpha value is -3.11. The highest BCUT2D eigenvalue weighted by Crippen LogP contribution is 2.27. The largest absolute Gasteiger partial charge is 0.480 e. The molecule has 1 aromatic carbocycles. The van der Waals surface area contributed by atoms with E-state index in [1.54, 1.807) is 0 Å². The first-order valence-corrected chi connectivity index (χ1v) is 11.2.